The Morgan fingerprint density at radius 2 is 1.69 bits per heavy atom. The lowest BCUT2D eigenvalue weighted by Crippen LogP contribution is -2.21. The molecule has 0 N–H and O–H groups in total. The monoisotopic (exact) mass is 341 g/mol. The molecular weight excluding hydrogens is 314 g/mol. The molecule has 0 amide bonds. The van der Waals surface area contributed by atoms with Crippen molar-refractivity contribution >= 4 is 11.4 Å². The van der Waals surface area contributed by atoms with Crippen LogP contribution in [0, 0.1) is 6.92 Å². The van der Waals surface area contributed by atoms with E-state index in [4.69, 9.17) is 0 Å². The van der Waals surface area contributed by atoms with Crippen LogP contribution in [-0.4, -0.2) is 0 Å². The van der Waals surface area contributed by atoms with Gasteiger partial charge >= 0.3 is 0 Å². The van der Waals surface area contributed by atoms with Gasteiger partial charge in [-0.15, -0.1) is 0 Å². The zero-order valence-electron chi connectivity index (χ0n) is 15.9. The number of benzene rings is 2. The van der Waals surface area contributed by atoms with Gasteiger partial charge in [0.05, 0.1) is 0 Å². The largest absolute Gasteiger partial charge is 0.314 e. The van der Waals surface area contributed by atoms with Crippen LogP contribution in [0.25, 0.3) is 5.70 Å². The molecular formula is C25H27N. The molecule has 0 aliphatic heterocycles. The Kier molecular flexibility index (Phi) is 5.91. The van der Waals surface area contributed by atoms with Crippen LogP contribution in [-0.2, 0) is 0 Å². The second-order valence-electron chi connectivity index (χ2n) is 6.66. The molecule has 26 heavy (non-hydrogen) atoms. The Bertz CT molecular complexity index is 866. The Hall–Kier alpha value is -2.80. The zero-order valence-corrected chi connectivity index (χ0v) is 15.9. The minimum Gasteiger partial charge on any atom is -0.314 e. The highest BCUT2D eigenvalue weighted by Crippen LogP contribution is 2.34. The number of para-hydroxylation sites is 1. The molecule has 3 rings (SSSR count). The minimum absolute atomic E-state index is 0.912. The molecule has 0 atom stereocenters. The van der Waals surface area contributed by atoms with Crippen LogP contribution in [0.5, 0.6) is 0 Å². The smallest absolute Gasteiger partial charge is 0.0493 e. The average molecular weight is 341 g/mol. The first-order chi connectivity index (χ1) is 12.7. The van der Waals surface area contributed by atoms with E-state index in [1.807, 2.05) is 0 Å². The molecule has 0 bridgehead atoms. The SMILES string of the molecule is CC/C=C(\c1ccccc1C)N(C1=CC=C(C)C=CC1)c1ccccc1. The molecule has 0 heterocycles. The van der Waals surface area contributed by atoms with Crippen LogP contribution in [0.4, 0.5) is 5.69 Å². The Balaban J connectivity index is 2.18. The van der Waals surface area contributed by atoms with Crippen molar-refractivity contribution in [3.05, 3.63) is 107 Å². The van der Waals surface area contributed by atoms with Crippen LogP contribution in [0.15, 0.2) is 96.2 Å². The van der Waals surface area contributed by atoms with E-state index in [1.54, 1.807) is 0 Å². The van der Waals surface area contributed by atoms with Crippen molar-refractivity contribution in [2.24, 2.45) is 0 Å². The van der Waals surface area contributed by atoms with Crippen LogP contribution in [0.3, 0.4) is 0 Å². The van der Waals surface area contributed by atoms with Crippen LogP contribution < -0.4 is 4.90 Å². The Morgan fingerprint density at radius 1 is 0.962 bits per heavy atom. The van der Waals surface area contributed by atoms with E-state index in [0.29, 0.717) is 0 Å². The molecule has 1 heteroatoms. The molecule has 0 spiro atoms. The first kappa shape index (κ1) is 18.0. The van der Waals surface area contributed by atoms with Crippen molar-refractivity contribution in [2.75, 3.05) is 4.90 Å². The predicted molar refractivity (Wildman–Crippen MR) is 114 cm³/mol. The van der Waals surface area contributed by atoms with Gasteiger partial charge in [0.2, 0.25) is 0 Å². The summed E-state index contributed by atoms with van der Waals surface area (Å²) in [5.41, 5.74) is 7.60. The third-order valence-electron chi connectivity index (χ3n) is 4.61. The van der Waals surface area contributed by atoms with Gasteiger partial charge in [-0.05, 0) is 44.0 Å². The summed E-state index contributed by atoms with van der Waals surface area (Å²) >= 11 is 0. The Labute approximate surface area is 157 Å². The fraction of sp³-hybridized carbons (Fsp3) is 0.200. The number of allylic oxidation sites excluding steroid dienone is 6. The number of hydrogen-bond acceptors (Lipinski definition) is 1. The molecule has 1 nitrogen and oxygen atoms in total. The summed E-state index contributed by atoms with van der Waals surface area (Å²) < 4.78 is 0. The molecule has 1 aliphatic carbocycles. The maximum absolute atomic E-state index is 2.41. The summed E-state index contributed by atoms with van der Waals surface area (Å²) in [6.07, 6.45) is 13.1. The topological polar surface area (TPSA) is 3.24 Å². The second-order valence-corrected chi connectivity index (χ2v) is 6.66. The summed E-state index contributed by atoms with van der Waals surface area (Å²) in [6, 6.07) is 19.3. The van der Waals surface area contributed by atoms with Crippen molar-refractivity contribution in [3.63, 3.8) is 0 Å². The van der Waals surface area contributed by atoms with Crippen LogP contribution in [0.1, 0.15) is 37.8 Å². The summed E-state index contributed by atoms with van der Waals surface area (Å²) in [7, 11) is 0. The quantitative estimate of drug-likeness (QED) is 0.563. The van der Waals surface area contributed by atoms with E-state index < -0.39 is 0 Å². The molecule has 1 aliphatic rings. The number of nitrogens with zero attached hydrogens (tertiary/aromatic N) is 1. The highest BCUT2D eigenvalue weighted by atomic mass is 15.2. The number of aryl methyl sites for hydroxylation is 1. The lowest BCUT2D eigenvalue weighted by Gasteiger charge is -2.31. The average Bonchev–Trinajstić information content (AvgIpc) is 2.87. The van der Waals surface area contributed by atoms with Gasteiger partial charge in [0.15, 0.2) is 0 Å². The lowest BCUT2D eigenvalue weighted by molar-refractivity contribution is 1.07. The highest BCUT2D eigenvalue weighted by Gasteiger charge is 2.19. The van der Waals surface area contributed by atoms with Crippen LogP contribution in [0.2, 0.25) is 0 Å². The van der Waals surface area contributed by atoms with E-state index in [2.05, 4.69) is 111 Å². The van der Waals surface area contributed by atoms with Gasteiger partial charge in [-0.1, -0.05) is 79.3 Å². The van der Waals surface area contributed by atoms with Crippen molar-refractivity contribution in [2.45, 2.75) is 33.6 Å². The molecule has 0 radical (unpaired) electrons. The van der Waals surface area contributed by atoms with E-state index in [9.17, 15) is 0 Å². The molecule has 132 valence electrons. The third kappa shape index (κ3) is 4.05. The van der Waals surface area contributed by atoms with Gasteiger partial charge in [-0.2, -0.15) is 0 Å². The van der Waals surface area contributed by atoms with Gasteiger partial charge in [0.1, 0.15) is 0 Å². The fourth-order valence-electron chi connectivity index (χ4n) is 3.29. The van der Waals surface area contributed by atoms with E-state index in [-0.39, 0.29) is 0 Å². The van der Waals surface area contributed by atoms with Crippen molar-refractivity contribution in [1.82, 2.24) is 0 Å². The summed E-state index contributed by atoms with van der Waals surface area (Å²) in [6.45, 7) is 6.53. The molecule has 0 fully saturated rings. The number of hydrogen-bond donors (Lipinski definition) is 0. The van der Waals surface area contributed by atoms with Crippen molar-refractivity contribution in [3.8, 4) is 0 Å². The first-order valence-corrected chi connectivity index (χ1v) is 9.36. The maximum atomic E-state index is 2.41. The van der Waals surface area contributed by atoms with Gasteiger partial charge < -0.3 is 4.90 Å². The third-order valence-corrected chi connectivity index (χ3v) is 4.61. The molecule has 2 aromatic rings. The molecule has 0 unspecified atom stereocenters. The summed E-state index contributed by atoms with van der Waals surface area (Å²) in [4.78, 5) is 2.41. The lowest BCUT2D eigenvalue weighted by atomic mass is 10.0. The van der Waals surface area contributed by atoms with Gasteiger partial charge in [-0.3, -0.25) is 0 Å². The summed E-state index contributed by atoms with van der Waals surface area (Å²) in [5.74, 6) is 0. The summed E-state index contributed by atoms with van der Waals surface area (Å²) in [5, 5.41) is 0. The van der Waals surface area contributed by atoms with E-state index >= 15 is 0 Å². The Morgan fingerprint density at radius 3 is 2.42 bits per heavy atom. The van der Waals surface area contributed by atoms with Crippen molar-refractivity contribution < 1.29 is 0 Å². The highest BCUT2D eigenvalue weighted by molar-refractivity contribution is 5.84. The minimum atomic E-state index is 0.912. The maximum Gasteiger partial charge on any atom is 0.0493 e. The predicted octanol–water partition coefficient (Wildman–Crippen LogP) is 7.04. The molecule has 0 saturated heterocycles. The van der Waals surface area contributed by atoms with Crippen molar-refractivity contribution in [1.29, 1.82) is 0 Å². The molecule has 0 aromatic heterocycles. The normalized spacial score (nSPS) is 14.5. The second kappa shape index (κ2) is 8.53. The molecule has 0 saturated carbocycles. The zero-order chi connectivity index (χ0) is 18.4. The number of rotatable bonds is 5. The van der Waals surface area contributed by atoms with E-state index in [0.717, 1.165) is 12.8 Å². The standard InChI is InChI=1S/C25H27N/c1-4-11-25(24-17-9-8-13-21(24)3)26(22-14-6-5-7-15-22)23-16-10-12-20(2)18-19-23/h5-15,17-19H,4,16H2,1-3H3/b25-11+. The first-order valence-electron chi connectivity index (χ1n) is 9.36. The van der Waals surface area contributed by atoms with Gasteiger partial charge in [0.25, 0.3) is 0 Å². The van der Waals surface area contributed by atoms with Gasteiger partial charge in [-0.25, -0.2) is 0 Å². The fourth-order valence-corrected chi connectivity index (χ4v) is 3.29. The van der Waals surface area contributed by atoms with Crippen LogP contribution >= 0.6 is 0 Å². The molecule has 2 aromatic carbocycles. The number of anilines is 1. The van der Waals surface area contributed by atoms with E-state index in [1.165, 1.54) is 33.8 Å². The van der Waals surface area contributed by atoms with Gasteiger partial charge in [0, 0.05) is 29.1 Å².